The number of carbonyl (C=O) groups is 1. The van der Waals surface area contributed by atoms with Crippen LogP contribution in [0.15, 0.2) is 65.8 Å². The highest BCUT2D eigenvalue weighted by atomic mass is 16.5. The molecule has 0 aliphatic carbocycles. The van der Waals surface area contributed by atoms with E-state index in [1.54, 1.807) is 13.3 Å². The molecule has 2 N–H and O–H groups in total. The summed E-state index contributed by atoms with van der Waals surface area (Å²) >= 11 is 0. The molecule has 5 nitrogen and oxygen atoms in total. The van der Waals surface area contributed by atoms with Gasteiger partial charge >= 0.3 is 0 Å². The Morgan fingerprint density at radius 2 is 1.88 bits per heavy atom. The van der Waals surface area contributed by atoms with Crippen LogP contribution in [0.1, 0.15) is 11.1 Å². The molecule has 0 spiro atoms. The lowest BCUT2D eigenvalue weighted by Crippen LogP contribution is -2.14. The molecule has 0 saturated heterocycles. The number of nitrogens with zero attached hydrogens (tertiary/aromatic N) is 1. The number of hydrazone groups is 1. The Hall–Kier alpha value is -3.34. The maximum atomic E-state index is 12.3. The molecule has 3 rings (SSSR count). The second kappa shape index (κ2) is 8.16. The summed E-state index contributed by atoms with van der Waals surface area (Å²) in [4.78, 5) is 12.3. The van der Waals surface area contributed by atoms with Crippen molar-refractivity contribution in [3.63, 3.8) is 0 Å². The number of benzene rings is 3. The summed E-state index contributed by atoms with van der Waals surface area (Å²) in [6.07, 6.45) is 1.89. The van der Waals surface area contributed by atoms with E-state index < -0.39 is 0 Å². The summed E-state index contributed by atoms with van der Waals surface area (Å²) in [5.74, 6) is 6.35. The molecular weight excluding hydrogens is 328 g/mol. The molecule has 0 aliphatic heterocycles. The van der Waals surface area contributed by atoms with Crippen molar-refractivity contribution in [1.82, 2.24) is 0 Å². The van der Waals surface area contributed by atoms with Gasteiger partial charge in [-0.05, 0) is 28.6 Å². The molecule has 132 valence electrons. The minimum Gasteiger partial charge on any atom is -0.493 e. The molecule has 0 aliphatic rings. The lowest BCUT2D eigenvalue weighted by atomic mass is 10.1. The fourth-order valence-electron chi connectivity index (χ4n) is 2.79. The maximum absolute atomic E-state index is 12.3. The number of rotatable bonds is 7. The first-order valence-corrected chi connectivity index (χ1v) is 8.23. The van der Waals surface area contributed by atoms with Crippen molar-refractivity contribution in [3.8, 4) is 11.5 Å². The average molecular weight is 348 g/mol. The average Bonchev–Trinajstić information content (AvgIpc) is 2.67. The van der Waals surface area contributed by atoms with E-state index in [0.29, 0.717) is 17.9 Å². The summed E-state index contributed by atoms with van der Waals surface area (Å²) < 4.78 is 11.3. The van der Waals surface area contributed by atoms with Crippen molar-refractivity contribution >= 4 is 22.8 Å². The number of carbonyl (C=O) groups excluding carboxylic acids is 1. The quantitative estimate of drug-likeness (QED) is 0.404. The summed E-state index contributed by atoms with van der Waals surface area (Å²) in [5.41, 5.74) is 1.81. The number of hydrogen-bond donors (Lipinski definition) is 1. The van der Waals surface area contributed by atoms with Crippen molar-refractivity contribution < 1.29 is 14.3 Å². The van der Waals surface area contributed by atoms with Gasteiger partial charge in [0.25, 0.3) is 0 Å². The predicted molar refractivity (Wildman–Crippen MR) is 103 cm³/mol. The van der Waals surface area contributed by atoms with Crippen LogP contribution in [0.5, 0.6) is 11.5 Å². The summed E-state index contributed by atoms with van der Waals surface area (Å²) in [6.45, 7) is -0.0282. The van der Waals surface area contributed by atoms with Crippen molar-refractivity contribution in [3.05, 3.63) is 71.8 Å². The SMILES string of the molecule is COc1ccc2ccc(C=NN)cc2c1OCC(=O)Cc1ccccc1. The predicted octanol–water partition coefficient (Wildman–Crippen LogP) is 3.33. The van der Waals surface area contributed by atoms with E-state index in [2.05, 4.69) is 5.10 Å². The van der Waals surface area contributed by atoms with Crippen LogP contribution in [0.3, 0.4) is 0 Å². The van der Waals surface area contributed by atoms with E-state index in [9.17, 15) is 4.79 Å². The van der Waals surface area contributed by atoms with Crippen LogP contribution in [0.2, 0.25) is 0 Å². The van der Waals surface area contributed by atoms with Crippen LogP contribution in [-0.4, -0.2) is 25.7 Å². The molecule has 0 unspecified atom stereocenters. The Labute approximate surface area is 152 Å². The molecule has 0 aromatic heterocycles. The van der Waals surface area contributed by atoms with Gasteiger partial charge in [0.1, 0.15) is 6.61 Å². The fraction of sp³-hybridized carbons (Fsp3) is 0.143. The molecular formula is C21H20N2O3. The molecule has 5 heteroatoms. The second-order valence-corrected chi connectivity index (χ2v) is 5.85. The summed E-state index contributed by atoms with van der Waals surface area (Å²) in [7, 11) is 1.57. The van der Waals surface area contributed by atoms with E-state index in [1.165, 1.54) is 0 Å². The van der Waals surface area contributed by atoms with Crippen LogP contribution in [0.4, 0.5) is 0 Å². The minimum atomic E-state index is -0.0282. The van der Waals surface area contributed by atoms with Crippen LogP contribution in [0, 0.1) is 0 Å². The molecule has 0 atom stereocenters. The lowest BCUT2D eigenvalue weighted by molar-refractivity contribution is -0.120. The van der Waals surface area contributed by atoms with E-state index in [-0.39, 0.29) is 12.4 Å². The Balaban J connectivity index is 1.85. The van der Waals surface area contributed by atoms with Gasteiger partial charge in [-0.3, -0.25) is 4.79 Å². The molecule has 0 amide bonds. The first kappa shape index (κ1) is 17.5. The first-order chi connectivity index (χ1) is 12.7. The van der Waals surface area contributed by atoms with Gasteiger partial charge in [0.05, 0.1) is 13.3 Å². The van der Waals surface area contributed by atoms with Crippen molar-refractivity contribution in [2.24, 2.45) is 10.9 Å². The third-order valence-electron chi connectivity index (χ3n) is 4.03. The molecule has 0 bridgehead atoms. The molecule has 0 saturated carbocycles. The summed E-state index contributed by atoms with van der Waals surface area (Å²) in [5, 5.41) is 5.37. The van der Waals surface area contributed by atoms with E-state index >= 15 is 0 Å². The number of Topliss-reactive ketones (excluding diaryl/α,β-unsaturated/α-hetero) is 1. The topological polar surface area (TPSA) is 73.9 Å². The number of methoxy groups -OCH3 is 1. The van der Waals surface area contributed by atoms with E-state index in [0.717, 1.165) is 21.9 Å². The monoisotopic (exact) mass is 348 g/mol. The second-order valence-electron chi connectivity index (χ2n) is 5.85. The highest BCUT2D eigenvalue weighted by Gasteiger charge is 2.13. The third-order valence-corrected chi connectivity index (χ3v) is 4.03. The lowest BCUT2D eigenvalue weighted by Gasteiger charge is -2.13. The molecule has 3 aromatic carbocycles. The molecule has 26 heavy (non-hydrogen) atoms. The van der Waals surface area contributed by atoms with Gasteiger partial charge in [0, 0.05) is 11.8 Å². The van der Waals surface area contributed by atoms with Gasteiger partial charge in [0.2, 0.25) is 0 Å². The van der Waals surface area contributed by atoms with E-state index in [4.69, 9.17) is 15.3 Å². The van der Waals surface area contributed by atoms with Crippen LogP contribution in [-0.2, 0) is 11.2 Å². The molecule has 0 fully saturated rings. The number of ketones is 1. The number of fused-ring (bicyclic) bond motifs is 1. The smallest absolute Gasteiger partial charge is 0.174 e. The standard InChI is InChI=1S/C21H20N2O3/c1-25-20-10-9-17-8-7-16(13-23-22)12-19(17)21(20)26-14-18(24)11-15-5-3-2-4-6-15/h2-10,12-13H,11,14,22H2,1H3. The number of hydrogen-bond acceptors (Lipinski definition) is 5. The van der Waals surface area contributed by atoms with Crippen LogP contribution in [0.25, 0.3) is 10.8 Å². The van der Waals surface area contributed by atoms with Crippen molar-refractivity contribution in [2.45, 2.75) is 6.42 Å². The van der Waals surface area contributed by atoms with Gasteiger partial charge in [0.15, 0.2) is 17.3 Å². The van der Waals surface area contributed by atoms with E-state index in [1.807, 2.05) is 60.7 Å². The Morgan fingerprint density at radius 1 is 1.12 bits per heavy atom. The third kappa shape index (κ3) is 4.00. The maximum Gasteiger partial charge on any atom is 0.174 e. The van der Waals surface area contributed by atoms with Crippen LogP contribution < -0.4 is 15.3 Å². The Kier molecular flexibility index (Phi) is 5.49. The van der Waals surface area contributed by atoms with Gasteiger partial charge in [-0.25, -0.2) is 0 Å². The largest absolute Gasteiger partial charge is 0.493 e. The highest BCUT2D eigenvalue weighted by Crippen LogP contribution is 2.36. The fourth-order valence-corrected chi connectivity index (χ4v) is 2.79. The molecule has 0 radical (unpaired) electrons. The number of nitrogens with two attached hydrogens (primary N) is 1. The zero-order chi connectivity index (χ0) is 18.4. The van der Waals surface area contributed by atoms with Gasteiger partial charge in [-0.15, -0.1) is 0 Å². The van der Waals surface area contributed by atoms with Crippen molar-refractivity contribution in [1.29, 1.82) is 0 Å². The Morgan fingerprint density at radius 3 is 2.62 bits per heavy atom. The zero-order valence-electron chi connectivity index (χ0n) is 14.5. The molecule has 3 aromatic rings. The van der Waals surface area contributed by atoms with Crippen LogP contribution >= 0.6 is 0 Å². The minimum absolute atomic E-state index is 0.00469. The highest BCUT2D eigenvalue weighted by molar-refractivity contribution is 5.96. The van der Waals surface area contributed by atoms with Gasteiger partial charge in [-0.2, -0.15) is 5.10 Å². The van der Waals surface area contributed by atoms with Crippen molar-refractivity contribution in [2.75, 3.05) is 13.7 Å². The molecule has 0 heterocycles. The summed E-state index contributed by atoms with van der Waals surface area (Å²) in [6, 6.07) is 19.1. The first-order valence-electron chi connectivity index (χ1n) is 8.23. The van der Waals surface area contributed by atoms with Gasteiger partial charge < -0.3 is 15.3 Å². The van der Waals surface area contributed by atoms with Gasteiger partial charge in [-0.1, -0.05) is 48.5 Å². The zero-order valence-corrected chi connectivity index (χ0v) is 14.5. The Bertz CT molecular complexity index is 937. The normalized spacial score (nSPS) is 11.0. The number of ether oxygens (including phenoxy) is 2.